The Kier molecular flexibility index (Phi) is 4.02. The normalized spacial score (nSPS) is 10.1. The van der Waals surface area contributed by atoms with Crippen LogP contribution in [0, 0.1) is 0 Å². The summed E-state index contributed by atoms with van der Waals surface area (Å²) in [6.07, 6.45) is 0. The van der Waals surface area contributed by atoms with Gasteiger partial charge in [0.1, 0.15) is 5.75 Å². The lowest BCUT2D eigenvalue weighted by Gasteiger charge is -2.08. The van der Waals surface area contributed by atoms with Crippen LogP contribution in [0.1, 0.15) is 5.56 Å². The van der Waals surface area contributed by atoms with Crippen molar-refractivity contribution in [3.8, 4) is 5.75 Å². The first-order chi connectivity index (χ1) is 6.27. The maximum Gasteiger partial charge on any atom is 0.123 e. The molecular formula is C9H13ClN2O. The maximum atomic E-state index is 5.84. The minimum atomic E-state index is 0.440. The summed E-state index contributed by atoms with van der Waals surface area (Å²) in [7, 11) is 1.63. The average Bonchev–Trinajstić information content (AvgIpc) is 2.15. The van der Waals surface area contributed by atoms with E-state index >= 15 is 0 Å². The highest BCUT2D eigenvalue weighted by Gasteiger charge is 2.02. The minimum absolute atomic E-state index is 0.440. The third kappa shape index (κ3) is 2.88. The molecule has 4 heteroatoms. The van der Waals surface area contributed by atoms with Gasteiger partial charge in [0.2, 0.25) is 0 Å². The standard InChI is InChI=1S/C9H13ClN2O/c1-13-9-3-2-8(10)4-7(9)5-12-6-11/h2-4,12H,5-6,11H2,1H3. The first-order valence-electron chi connectivity index (χ1n) is 4.01. The van der Waals surface area contributed by atoms with Gasteiger partial charge in [0.15, 0.2) is 0 Å². The maximum absolute atomic E-state index is 5.84. The fourth-order valence-electron chi connectivity index (χ4n) is 1.09. The van der Waals surface area contributed by atoms with E-state index in [4.69, 9.17) is 22.1 Å². The zero-order valence-corrected chi connectivity index (χ0v) is 8.27. The number of rotatable bonds is 4. The molecule has 0 radical (unpaired) electrons. The van der Waals surface area contributed by atoms with E-state index in [0.717, 1.165) is 11.3 Å². The van der Waals surface area contributed by atoms with Gasteiger partial charge in [-0.2, -0.15) is 0 Å². The predicted octanol–water partition coefficient (Wildman–Crippen LogP) is 1.35. The first-order valence-corrected chi connectivity index (χ1v) is 4.39. The molecule has 0 fully saturated rings. The average molecular weight is 201 g/mol. The molecule has 0 saturated carbocycles. The molecule has 3 N–H and O–H groups in total. The zero-order chi connectivity index (χ0) is 9.68. The Morgan fingerprint density at radius 1 is 1.54 bits per heavy atom. The molecule has 0 bridgehead atoms. The lowest BCUT2D eigenvalue weighted by Crippen LogP contribution is -2.21. The van der Waals surface area contributed by atoms with Crippen molar-refractivity contribution in [3.63, 3.8) is 0 Å². The fourth-order valence-corrected chi connectivity index (χ4v) is 1.29. The van der Waals surface area contributed by atoms with Gasteiger partial charge in [-0.3, -0.25) is 0 Å². The largest absolute Gasteiger partial charge is 0.496 e. The van der Waals surface area contributed by atoms with E-state index in [1.54, 1.807) is 13.2 Å². The van der Waals surface area contributed by atoms with Crippen LogP contribution in [-0.2, 0) is 6.54 Å². The molecule has 0 aliphatic heterocycles. The lowest BCUT2D eigenvalue weighted by atomic mass is 10.2. The second-order valence-corrected chi connectivity index (χ2v) is 3.02. The van der Waals surface area contributed by atoms with E-state index in [1.165, 1.54) is 0 Å². The van der Waals surface area contributed by atoms with Crippen molar-refractivity contribution in [2.24, 2.45) is 5.73 Å². The van der Waals surface area contributed by atoms with Gasteiger partial charge < -0.3 is 15.8 Å². The molecule has 13 heavy (non-hydrogen) atoms. The minimum Gasteiger partial charge on any atom is -0.496 e. The Labute approximate surface area is 82.8 Å². The SMILES string of the molecule is COc1ccc(Cl)cc1CNCN. The van der Waals surface area contributed by atoms with Crippen LogP contribution < -0.4 is 15.8 Å². The number of methoxy groups -OCH3 is 1. The smallest absolute Gasteiger partial charge is 0.123 e. The number of hydrogen-bond donors (Lipinski definition) is 2. The van der Waals surface area contributed by atoms with Crippen LogP contribution >= 0.6 is 11.6 Å². The molecule has 0 atom stereocenters. The molecule has 0 aliphatic rings. The first kappa shape index (κ1) is 10.3. The highest BCUT2D eigenvalue weighted by Crippen LogP contribution is 2.22. The van der Waals surface area contributed by atoms with Gasteiger partial charge in [-0.1, -0.05) is 11.6 Å². The highest BCUT2D eigenvalue weighted by atomic mass is 35.5. The summed E-state index contributed by atoms with van der Waals surface area (Å²) in [5, 5.41) is 3.71. The molecule has 0 aromatic heterocycles. The fraction of sp³-hybridized carbons (Fsp3) is 0.333. The van der Waals surface area contributed by atoms with E-state index in [-0.39, 0.29) is 0 Å². The summed E-state index contributed by atoms with van der Waals surface area (Å²) in [6.45, 7) is 1.11. The van der Waals surface area contributed by atoms with Crippen molar-refractivity contribution < 1.29 is 4.74 Å². The molecule has 0 saturated heterocycles. The van der Waals surface area contributed by atoms with Gasteiger partial charge in [0.05, 0.1) is 7.11 Å². The van der Waals surface area contributed by atoms with Gasteiger partial charge >= 0.3 is 0 Å². The molecule has 1 rings (SSSR count). The van der Waals surface area contributed by atoms with Crippen LogP contribution in [0.2, 0.25) is 5.02 Å². The van der Waals surface area contributed by atoms with Crippen LogP contribution in [-0.4, -0.2) is 13.8 Å². The highest BCUT2D eigenvalue weighted by molar-refractivity contribution is 6.30. The molecule has 72 valence electrons. The Bertz CT molecular complexity index is 278. The van der Waals surface area contributed by atoms with Crippen molar-refractivity contribution in [2.45, 2.75) is 6.54 Å². The molecule has 0 unspecified atom stereocenters. The third-order valence-electron chi connectivity index (χ3n) is 1.70. The number of hydrogen-bond acceptors (Lipinski definition) is 3. The van der Waals surface area contributed by atoms with Crippen LogP contribution in [0.15, 0.2) is 18.2 Å². The zero-order valence-electron chi connectivity index (χ0n) is 7.51. The number of halogens is 1. The van der Waals surface area contributed by atoms with E-state index in [9.17, 15) is 0 Å². The summed E-state index contributed by atoms with van der Waals surface area (Å²) >= 11 is 5.84. The summed E-state index contributed by atoms with van der Waals surface area (Å²) < 4.78 is 5.16. The quantitative estimate of drug-likeness (QED) is 0.722. The summed E-state index contributed by atoms with van der Waals surface area (Å²) in [4.78, 5) is 0. The van der Waals surface area contributed by atoms with Crippen LogP contribution in [0.5, 0.6) is 5.75 Å². The van der Waals surface area contributed by atoms with Crippen LogP contribution in [0.4, 0.5) is 0 Å². The molecule has 0 amide bonds. The Balaban J connectivity index is 2.81. The van der Waals surface area contributed by atoms with Crippen molar-refractivity contribution in [1.82, 2.24) is 5.32 Å². The summed E-state index contributed by atoms with van der Waals surface area (Å²) in [6, 6.07) is 5.51. The van der Waals surface area contributed by atoms with Gasteiger partial charge in [0, 0.05) is 23.8 Å². The van der Waals surface area contributed by atoms with Gasteiger partial charge in [0.25, 0.3) is 0 Å². The molecular weight excluding hydrogens is 188 g/mol. The Morgan fingerprint density at radius 3 is 2.92 bits per heavy atom. The van der Waals surface area contributed by atoms with E-state index in [0.29, 0.717) is 18.2 Å². The third-order valence-corrected chi connectivity index (χ3v) is 1.94. The number of benzene rings is 1. The van der Waals surface area contributed by atoms with E-state index in [2.05, 4.69) is 5.32 Å². The number of ether oxygens (including phenoxy) is 1. The van der Waals surface area contributed by atoms with Gasteiger partial charge in [-0.15, -0.1) is 0 Å². The second-order valence-electron chi connectivity index (χ2n) is 2.59. The predicted molar refractivity (Wildman–Crippen MR) is 53.9 cm³/mol. The molecule has 3 nitrogen and oxygen atoms in total. The summed E-state index contributed by atoms with van der Waals surface area (Å²) in [5.41, 5.74) is 6.34. The molecule has 0 aliphatic carbocycles. The molecule has 0 heterocycles. The molecule has 1 aromatic carbocycles. The van der Waals surface area contributed by atoms with Crippen LogP contribution in [0.25, 0.3) is 0 Å². The second kappa shape index (κ2) is 5.07. The van der Waals surface area contributed by atoms with Crippen molar-refractivity contribution >= 4 is 11.6 Å². The van der Waals surface area contributed by atoms with Gasteiger partial charge in [-0.05, 0) is 18.2 Å². The lowest BCUT2D eigenvalue weighted by molar-refractivity contribution is 0.408. The van der Waals surface area contributed by atoms with Crippen molar-refractivity contribution in [1.29, 1.82) is 0 Å². The van der Waals surface area contributed by atoms with E-state index in [1.807, 2.05) is 12.1 Å². The van der Waals surface area contributed by atoms with Crippen LogP contribution in [0.3, 0.4) is 0 Å². The van der Waals surface area contributed by atoms with Crippen molar-refractivity contribution in [2.75, 3.05) is 13.8 Å². The van der Waals surface area contributed by atoms with E-state index < -0.39 is 0 Å². The number of nitrogens with one attached hydrogen (secondary N) is 1. The topological polar surface area (TPSA) is 47.3 Å². The monoisotopic (exact) mass is 200 g/mol. The van der Waals surface area contributed by atoms with Crippen molar-refractivity contribution in [3.05, 3.63) is 28.8 Å². The molecule has 0 spiro atoms. The summed E-state index contributed by atoms with van der Waals surface area (Å²) in [5.74, 6) is 0.824. The van der Waals surface area contributed by atoms with Gasteiger partial charge in [-0.25, -0.2) is 0 Å². The number of nitrogens with two attached hydrogens (primary N) is 1. The Morgan fingerprint density at radius 2 is 2.31 bits per heavy atom. The Hall–Kier alpha value is -0.770. The molecule has 1 aromatic rings.